The highest BCUT2D eigenvalue weighted by molar-refractivity contribution is 6.33. The molecule has 4 amide bonds. The number of anilines is 2. The topological polar surface area (TPSA) is 109 Å². The van der Waals surface area contributed by atoms with Gasteiger partial charge in [-0.05, 0) is 118 Å². The highest BCUT2D eigenvalue weighted by Crippen LogP contribution is 2.50. The number of benzene rings is 5. The number of imide groups is 2. The number of ketones is 2. The molecule has 0 N–H and O–H groups in total. The van der Waals surface area contributed by atoms with E-state index in [0.29, 0.717) is 44.8 Å². The van der Waals surface area contributed by atoms with Gasteiger partial charge in [0.05, 0.1) is 23.2 Å². The van der Waals surface area contributed by atoms with Crippen molar-refractivity contribution in [2.75, 3.05) is 9.80 Å². The van der Waals surface area contributed by atoms with Crippen LogP contribution in [0.15, 0.2) is 84.9 Å². The first-order chi connectivity index (χ1) is 23.2. The van der Waals surface area contributed by atoms with Crippen LogP contribution in [0.25, 0.3) is 33.7 Å². The third kappa shape index (κ3) is 3.54. The van der Waals surface area contributed by atoms with Crippen molar-refractivity contribution < 1.29 is 28.8 Å². The Balaban J connectivity index is 1.22. The molecule has 0 radical (unpaired) electrons. The molecule has 2 aliphatic heterocycles. The lowest BCUT2D eigenvalue weighted by molar-refractivity contribution is -0.119. The molecule has 2 atom stereocenters. The van der Waals surface area contributed by atoms with Crippen LogP contribution in [0.2, 0.25) is 0 Å². The molecule has 4 aliphatic rings. The fraction of sp³-hybridized carbons (Fsp3) is 0.100. The van der Waals surface area contributed by atoms with Crippen LogP contribution in [0.1, 0.15) is 89.4 Å². The lowest BCUT2D eigenvalue weighted by Crippen LogP contribution is -2.45. The first kappa shape index (κ1) is 28.0. The van der Waals surface area contributed by atoms with Crippen molar-refractivity contribution >= 4 is 80.3 Å². The van der Waals surface area contributed by atoms with Gasteiger partial charge in [-0.2, -0.15) is 0 Å². The molecular formula is C40H24N2O6. The number of hydrogen-bond acceptors (Lipinski definition) is 6. The number of carbonyl (C=O) groups is 6. The van der Waals surface area contributed by atoms with Gasteiger partial charge in [0.25, 0.3) is 11.8 Å². The molecule has 0 spiro atoms. The Morgan fingerprint density at radius 3 is 1.25 bits per heavy atom. The van der Waals surface area contributed by atoms with Gasteiger partial charge in [0, 0.05) is 22.3 Å². The van der Waals surface area contributed by atoms with Gasteiger partial charge in [0.2, 0.25) is 11.8 Å². The second-order valence-electron chi connectivity index (χ2n) is 12.6. The fourth-order valence-electron chi connectivity index (χ4n) is 7.79. The third-order valence-corrected chi connectivity index (χ3v) is 10.0. The van der Waals surface area contributed by atoms with Crippen molar-refractivity contribution in [3.8, 4) is 0 Å². The van der Waals surface area contributed by atoms with Crippen LogP contribution in [0.4, 0.5) is 11.4 Å². The van der Waals surface area contributed by atoms with Crippen LogP contribution in [0.3, 0.4) is 0 Å². The van der Waals surface area contributed by atoms with E-state index >= 15 is 0 Å². The van der Waals surface area contributed by atoms with E-state index in [9.17, 15) is 28.8 Å². The van der Waals surface area contributed by atoms with Crippen molar-refractivity contribution in [1.82, 2.24) is 0 Å². The van der Waals surface area contributed by atoms with Gasteiger partial charge in [-0.1, -0.05) is 36.4 Å². The lowest BCUT2D eigenvalue weighted by atomic mass is 9.73. The maximum absolute atomic E-state index is 14.0. The van der Waals surface area contributed by atoms with E-state index in [1.54, 1.807) is 60.7 Å². The minimum absolute atomic E-state index is 0.110. The molecule has 0 aromatic heterocycles. The number of carbonyl (C=O) groups excluding carboxylic acids is 6. The van der Waals surface area contributed by atoms with Crippen LogP contribution < -0.4 is 9.80 Å². The summed E-state index contributed by atoms with van der Waals surface area (Å²) in [4.78, 5) is 81.9. The SMILES string of the molecule is CC(=O)c1ccc(N2C(=O)c3ccc4c5c(c6c7c8c(ccc74)C(=O)N(c4ccc(C(C)=O)cc4)C(=O)C8C=C6)C=CC(C2=O)c35)cc1. The molecule has 9 rings (SSSR count). The van der Waals surface area contributed by atoms with E-state index in [1.165, 1.54) is 23.6 Å². The predicted molar refractivity (Wildman–Crippen MR) is 182 cm³/mol. The van der Waals surface area contributed by atoms with Crippen molar-refractivity contribution in [3.63, 3.8) is 0 Å². The molecule has 2 aliphatic carbocycles. The van der Waals surface area contributed by atoms with E-state index in [-0.39, 0.29) is 23.4 Å². The van der Waals surface area contributed by atoms with Crippen molar-refractivity contribution in [1.29, 1.82) is 0 Å². The molecular weight excluding hydrogens is 604 g/mol. The molecule has 2 heterocycles. The van der Waals surface area contributed by atoms with E-state index in [4.69, 9.17) is 0 Å². The molecule has 5 aromatic rings. The second-order valence-corrected chi connectivity index (χ2v) is 12.6. The van der Waals surface area contributed by atoms with Gasteiger partial charge < -0.3 is 0 Å². The molecule has 230 valence electrons. The van der Waals surface area contributed by atoms with Gasteiger partial charge in [0.1, 0.15) is 0 Å². The number of Topliss-reactive ketones (excluding diaryl/α,β-unsaturated/α-hetero) is 2. The minimum atomic E-state index is -0.699. The maximum atomic E-state index is 14.0. The van der Waals surface area contributed by atoms with Crippen LogP contribution >= 0.6 is 0 Å². The summed E-state index contributed by atoms with van der Waals surface area (Å²) in [5.74, 6) is -3.24. The Kier molecular flexibility index (Phi) is 5.61. The average Bonchev–Trinajstić information content (AvgIpc) is 3.09. The Morgan fingerprint density at radius 2 is 0.896 bits per heavy atom. The normalized spacial score (nSPS) is 18.7. The monoisotopic (exact) mass is 628 g/mol. The van der Waals surface area contributed by atoms with Crippen LogP contribution in [-0.4, -0.2) is 35.2 Å². The standard InChI is InChI=1S/C40H24N2O6/c1-19(43)21-3-7-23(8-4-21)41-37(45)29-15-11-25-27-13-17-31-36-32(40(48)42(39(31)47)24-9-5-22(6-10-24)20(2)44)18-14-28(34(27)36)26-12-16-30(38(41)46)35(29)33(25)26/h3-18,29,31H,1-2H3. The summed E-state index contributed by atoms with van der Waals surface area (Å²) in [5, 5.41) is 3.27. The minimum Gasteiger partial charge on any atom is -0.295 e. The molecule has 8 nitrogen and oxygen atoms in total. The van der Waals surface area contributed by atoms with E-state index in [0.717, 1.165) is 32.7 Å². The summed E-state index contributed by atoms with van der Waals surface area (Å²) < 4.78 is 0. The summed E-state index contributed by atoms with van der Waals surface area (Å²) in [6.07, 6.45) is 7.44. The number of fused-ring (bicyclic) bond motifs is 2. The van der Waals surface area contributed by atoms with Gasteiger partial charge in [-0.25, -0.2) is 9.80 Å². The smallest absolute Gasteiger partial charge is 0.265 e. The van der Waals surface area contributed by atoms with E-state index < -0.39 is 23.7 Å². The predicted octanol–water partition coefficient (Wildman–Crippen LogP) is 6.99. The average molecular weight is 629 g/mol. The van der Waals surface area contributed by atoms with E-state index in [1.807, 2.05) is 36.4 Å². The Bertz CT molecular complexity index is 2310. The van der Waals surface area contributed by atoms with Gasteiger partial charge in [-0.15, -0.1) is 0 Å². The van der Waals surface area contributed by atoms with Crippen LogP contribution in [0.5, 0.6) is 0 Å². The van der Waals surface area contributed by atoms with Crippen molar-refractivity contribution in [2.24, 2.45) is 0 Å². The first-order valence-corrected chi connectivity index (χ1v) is 15.6. The maximum Gasteiger partial charge on any atom is 0.265 e. The van der Waals surface area contributed by atoms with Crippen LogP contribution in [-0.2, 0) is 9.59 Å². The Labute approximate surface area is 273 Å². The van der Waals surface area contributed by atoms with Crippen molar-refractivity contribution in [2.45, 2.75) is 25.7 Å². The molecule has 0 saturated heterocycles. The van der Waals surface area contributed by atoms with Crippen molar-refractivity contribution in [3.05, 3.63) is 129 Å². The van der Waals surface area contributed by atoms with Gasteiger partial charge >= 0.3 is 0 Å². The fourth-order valence-corrected chi connectivity index (χ4v) is 7.79. The molecule has 0 bridgehead atoms. The molecule has 8 heteroatoms. The zero-order valence-corrected chi connectivity index (χ0v) is 25.7. The zero-order chi connectivity index (χ0) is 33.2. The number of rotatable bonds is 4. The van der Waals surface area contributed by atoms with Crippen LogP contribution in [0, 0.1) is 0 Å². The molecule has 0 saturated carbocycles. The second kappa shape index (κ2) is 9.62. The summed E-state index contributed by atoms with van der Waals surface area (Å²) in [7, 11) is 0. The highest BCUT2D eigenvalue weighted by Gasteiger charge is 2.44. The number of nitrogens with zero attached hydrogens (tertiary/aromatic N) is 2. The summed E-state index contributed by atoms with van der Waals surface area (Å²) >= 11 is 0. The number of hydrogen-bond donors (Lipinski definition) is 0. The molecule has 0 fully saturated rings. The number of amides is 4. The van der Waals surface area contributed by atoms with Gasteiger partial charge in [0.15, 0.2) is 11.6 Å². The Morgan fingerprint density at radius 1 is 0.521 bits per heavy atom. The summed E-state index contributed by atoms with van der Waals surface area (Å²) in [6.45, 7) is 2.92. The third-order valence-electron chi connectivity index (χ3n) is 10.0. The quantitative estimate of drug-likeness (QED) is 0.121. The zero-order valence-electron chi connectivity index (χ0n) is 25.7. The lowest BCUT2D eigenvalue weighted by Gasteiger charge is -2.37. The molecule has 2 unspecified atom stereocenters. The molecule has 5 aromatic carbocycles. The summed E-state index contributed by atoms with van der Waals surface area (Å²) in [6, 6.07) is 20.2. The van der Waals surface area contributed by atoms with Gasteiger partial charge in [-0.3, -0.25) is 28.8 Å². The summed E-state index contributed by atoms with van der Waals surface area (Å²) in [5.41, 5.74) is 5.57. The first-order valence-electron chi connectivity index (χ1n) is 15.6. The van der Waals surface area contributed by atoms with E-state index in [2.05, 4.69) is 0 Å². The Hall–Kier alpha value is -6.28. The molecule has 48 heavy (non-hydrogen) atoms. The largest absolute Gasteiger partial charge is 0.295 e. The highest BCUT2D eigenvalue weighted by atomic mass is 16.2.